The molecule has 0 radical (unpaired) electrons. The van der Waals surface area contributed by atoms with Crippen LogP contribution in [-0.2, 0) is 10.0 Å². The Hall–Kier alpha value is -1.83. The second-order valence-corrected chi connectivity index (χ2v) is 7.58. The summed E-state index contributed by atoms with van der Waals surface area (Å²) in [4.78, 5) is 13.4. The van der Waals surface area contributed by atoms with Crippen LogP contribution in [0.4, 0.5) is 5.69 Å². The van der Waals surface area contributed by atoms with Crippen molar-refractivity contribution in [3.8, 4) is 0 Å². The number of sulfonamides is 1. The number of carbonyl (C=O) groups is 1. The van der Waals surface area contributed by atoms with E-state index in [0.717, 1.165) is 16.0 Å². The standard InChI is InChI=1S/C16H18N2O3S2/c1-10-8-14(23(17,20)21)9-15(11(10)2)18-16(19)12-4-6-13(22-3)7-5-12/h4-9H,1-3H3,(H,18,19)(H2,17,20,21). The van der Waals surface area contributed by atoms with Crippen molar-refractivity contribution in [2.24, 2.45) is 5.14 Å². The Morgan fingerprint density at radius 3 is 2.26 bits per heavy atom. The number of thioether (sulfide) groups is 1. The van der Waals surface area contributed by atoms with Crippen LogP contribution in [0.5, 0.6) is 0 Å². The number of anilines is 1. The summed E-state index contributed by atoms with van der Waals surface area (Å²) < 4.78 is 23.1. The van der Waals surface area contributed by atoms with Gasteiger partial charge in [-0.25, -0.2) is 13.6 Å². The highest BCUT2D eigenvalue weighted by Gasteiger charge is 2.15. The highest BCUT2D eigenvalue weighted by atomic mass is 32.2. The number of rotatable bonds is 4. The molecule has 2 rings (SSSR count). The maximum Gasteiger partial charge on any atom is 0.255 e. The minimum atomic E-state index is -3.83. The van der Waals surface area contributed by atoms with Crippen LogP contribution in [0.3, 0.4) is 0 Å². The molecule has 0 aliphatic heterocycles. The Kier molecular flexibility index (Phi) is 5.13. The average molecular weight is 350 g/mol. The van der Waals surface area contributed by atoms with Gasteiger partial charge in [-0.1, -0.05) is 0 Å². The van der Waals surface area contributed by atoms with E-state index in [2.05, 4.69) is 5.32 Å². The van der Waals surface area contributed by atoms with E-state index < -0.39 is 10.0 Å². The molecule has 3 N–H and O–H groups in total. The van der Waals surface area contributed by atoms with Gasteiger partial charge in [0.2, 0.25) is 10.0 Å². The van der Waals surface area contributed by atoms with E-state index in [0.29, 0.717) is 11.3 Å². The van der Waals surface area contributed by atoms with Gasteiger partial charge in [-0.15, -0.1) is 11.8 Å². The zero-order chi connectivity index (χ0) is 17.2. The lowest BCUT2D eigenvalue weighted by Gasteiger charge is -2.13. The van der Waals surface area contributed by atoms with E-state index in [9.17, 15) is 13.2 Å². The zero-order valence-corrected chi connectivity index (χ0v) is 14.7. The molecule has 2 aromatic carbocycles. The number of nitrogens with one attached hydrogen (secondary N) is 1. The molecular weight excluding hydrogens is 332 g/mol. The van der Waals surface area contributed by atoms with Gasteiger partial charge in [0.05, 0.1) is 4.90 Å². The molecule has 0 aromatic heterocycles. The second kappa shape index (κ2) is 6.74. The monoisotopic (exact) mass is 350 g/mol. The van der Waals surface area contributed by atoms with Crippen molar-refractivity contribution in [2.75, 3.05) is 11.6 Å². The van der Waals surface area contributed by atoms with Crippen molar-refractivity contribution in [2.45, 2.75) is 23.6 Å². The summed E-state index contributed by atoms with van der Waals surface area (Å²) in [6, 6.07) is 10.1. The lowest BCUT2D eigenvalue weighted by molar-refractivity contribution is 0.102. The Balaban J connectivity index is 2.35. The summed E-state index contributed by atoms with van der Waals surface area (Å²) in [6.45, 7) is 3.58. The first kappa shape index (κ1) is 17.5. The Morgan fingerprint density at radius 2 is 1.74 bits per heavy atom. The van der Waals surface area contributed by atoms with Crippen LogP contribution < -0.4 is 10.5 Å². The summed E-state index contributed by atoms with van der Waals surface area (Å²) in [5, 5.41) is 7.93. The normalized spacial score (nSPS) is 11.3. The lowest BCUT2D eigenvalue weighted by atomic mass is 10.1. The molecule has 0 spiro atoms. The van der Waals surface area contributed by atoms with Gasteiger partial charge in [0, 0.05) is 16.1 Å². The van der Waals surface area contributed by atoms with Crippen LogP contribution in [0.15, 0.2) is 46.2 Å². The molecule has 2 aromatic rings. The third-order valence-electron chi connectivity index (χ3n) is 3.57. The predicted molar refractivity (Wildman–Crippen MR) is 93.5 cm³/mol. The molecule has 7 heteroatoms. The van der Waals surface area contributed by atoms with Crippen molar-refractivity contribution in [3.05, 3.63) is 53.1 Å². The largest absolute Gasteiger partial charge is 0.322 e. The summed E-state index contributed by atoms with van der Waals surface area (Å²) in [5.74, 6) is -0.299. The molecule has 0 unspecified atom stereocenters. The van der Waals surface area contributed by atoms with Crippen molar-refractivity contribution < 1.29 is 13.2 Å². The average Bonchev–Trinajstić information content (AvgIpc) is 2.50. The number of benzene rings is 2. The molecule has 0 saturated heterocycles. The fraction of sp³-hybridized carbons (Fsp3) is 0.188. The third-order valence-corrected chi connectivity index (χ3v) is 5.21. The van der Waals surface area contributed by atoms with Crippen LogP contribution in [-0.4, -0.2) is 20.6 Å². The number of aryl methyl sites for hydroxylation is 1. The van der Waals surface area contributed by atoms with Crippen molar-refractivity contribution in [1.82, 2.24) is 0 Å². The summed E-state index contributed by atoms with van der Waals surface area (Å²) in [5.41, 5.74) is 2.48. The Labute approximate surface area is 140 Å². The molecule has 5 nitrogen and oxygen atoms in total. The maximum atomic E-state index is 12.3. The minimum absolute atomic E-state index is 0.0198. The van der Waals surface area contributed by atoms with E-state index in [4.69, 9.17) is 5.14 Å². The highest BCUT2D eigenvalue weighted by Crippen LogP contribution is 2.24. The summed E-state index contributed by atoms with van der Waals surface area (Å²) in [7, 11) is -3.83. The molecule has 0 fully saturated rings. The quantitative estimate of drug-likeness (QED) is 0.830. The lowest BCUT2D eigenvalue weighted by Crippen LogP contribution is -2.16. The third kappa shape index (κ3) is 4.13. The van der Waals surface area contributed by atoms with Crippen LogP contribution in [0, 0.1) is 13.8 Å². The molecule has 0 heterocycles. The number of hydrogen-bond donors (Lipinski definition) is 2. The zero-order valence-electron chi connectivity index (χ0n) is 13.1. The first-order chi connectivity index (χ1) is 10.7. The Bertz CT molecular complexity index is 844. The number of hydrogen-bond acceptors (Lipinski definition) is 4. The van der Waals surface area contributed by atoms with E-state index in [1.165, 1.54) is 12.1 Å². The smallest absolute Gasteiger partial charge is 0.255 e. The van der Waals surface area contributed by atoms with E-state index in [1.54, 1.807) is 30.8 Å². The van der Waals surface area contributed by atoms with Gasteiger partial charge in [-0.3, -0.25) is 4.79 Å². The van der Waals surface area contributed by atoms with Gasteiger partial charge in [-0.05, 0) is 67.6 Å². The first-order valence-electron chi connectivity index (χ1n) is 6.82. The molecule has 0 saturated carbocycles. The molecule has 1 amide bonds. The molecule has 122 valence electrons. The second-order valence-electron chi connectivity index (χ2n) is 5.14. The SMILES string of the molecule is CSc1ccc(C(=O)Nc2cc(S(N)(=O)=O)cc(C)c2C)cc1. The topological polar surface area (TPSA) is 89.3 Å². The van der Waals surface area contributed by atoms with Gasteiger partial charge < -0.3 is 5.32 Å². The van der Waals surface area contributed by atoms with E-state index >= 15 is 0 Å². The minimum Gasteiger partial charge on any atom is -0.322 e. The molecule has 0 bridgehead atoms. The number of nitrogens with two attached hydrogens (primary N) is 1. The Morgan fingerprint density at radius 1 is 1.13 bits per heavy atom. The summed E-state index contributed by atoms with van der Waals surface area (Å²) in [6.07, 6.45) is 1.96. The van der Waals surface area contributed by atoms with Crippen LogP contribution in [0.1, 0.15) is 21.5 Å². The summed E-state index contributed by atoms with van der Waals surface area (Å²) >= 11 is 1.59. The molecular formula is C16H18N2O3S2. The molecule has 0 aliphatic carbocycles. The first-order valence-corrected chi connectivity index (χ1v) is 9.59. The fourth-order valence-corrected chi connectivity index (χ4v) is 3.09. The van der Waals surface area contributed by atoms with Crippen molar-refractivity contribution in [1.29, 1.82) is 0 Å². The maximum absolute atomic E-state index is 12.3. The van der Waals surface area contributed by atoms with E-state index in [1.807, 2.05) is 25.3 Å². The van der Waals surface area contributed by atoms with Gasteiger partial charge in [0.1, 0.15) is 0 Å². The van der Waals surface area contributed by atoms with Crippen molar-refractivity contribution >= 4 is 33.4 Å². The van der Waals surface area contributed by atoms with Gasteiger partial charge >= 0.3 is 0 Å². The van der Waals surface area contributed by atoms with Crippen LogP contribution in [0.25, 0.3) is 0 Å². The predicted octanol–water partition coefficient (Wildman–Crippen LogP) is 2.93. The van der Waals surface area contributed by atoms with Gasteiger partial charge in [-0.2, -0.15) is 0 Å². The van der Waals surface area contributed by atoms with Crippen LogP contribution in [0.2, 0.25) is 0 Å². The van der Waals surface area contributed by atoms with Crippen molar-refractivity contribution in [3.63, 3.8) is 0 Å². The number of amides is 1. The molecule has 0 atom stereocenters. The van der Waals surface area contributed by atoms with E-state index in [-0.39, 0.29) is 10.8 Å². The fourth-order valence-electron chi connectivity index (χ4n) is 2.06. The molecule has 23 heavy (non-hydrogen) atoms. The van der Waals surface area contributed by atoms with Crippen LogP contribution >= 0.6 is 11.8 Å². The number of primary sulfonamides is 1. The molecule has 0 aliphatic rings. The number of carbonyl (C=O) groups excluding carboxylic acids is 1. The van der Waals surface area contributed by atoms with Gasteiger partial charge in [0.25, 0.3) is 5.91 Å². The van der Waals surface area contributed by atoms with Gasteiger partial charge in [0.15, 0.2) is 0 Å². The highest BCUT2D eigenvalue weighted by molar-refractivity contribution is 7.98.